The van der Waals surface area contributed by atoms with E-state index >= 15 is 0 Å². The quantitative estimate of drug-likeness (QED) is 0.817. The van der Waals surface area contributed by atoms with Gasteiger partial charge < -0.3 is 10.1 Å². The van der Waals surface area contributed by atoms with Crippen LogP contribution in [0.15, 0.2) is 24.7 Å². The molecule has 0 bridgehead atoms. The Hall–Kier alpha value is -2.00. The van der Waals surface area contributed by atoms with E-state index in [1.54, 1.807) is 7.11 Å². The second-order valence-corrected chi connectivity index (χ2v) is 4.20. The third-order valence-corrected chi connectivity index (χ3v) is 2.59. The Kier molecular flexibility index (Phi) is 4.86. The third kappa shape index (κ3) is 4.23. The van der Waals surface area contributed by atoms with Crippen molar-refractivity contribution >= 4 is 0 Å². The van der Waals surface area contributed by atoms with Gasteiger partial charge in [0, 0.05) is 44.4 Å². The summed E-state index contributed by atoms with van der Waals surface area (Å²) in [6.07, 6.45) is -0.223. The molecule has 0 saturated carbocycles. The normalized spacial score (nSPS) is 11.8. The average Bonchev–Trinajstić information content (AvgIpc) is 2.94. The molecule has 0 amide bonds. The fourth-order valence-electron chi connectivity index (χ4n) is 1.55. The Morgan fingerprint density at radius 3 is 2.57 bits per heavy atom. The van der Waals surface area contributed by atoms with Crippen LogP contribution in [-0.2, 0) is 17.5 Å². The summed E-state index contributed by atoms with van der Waals surface area (Å²) in [7, 11) is 1.61. The van der Waals surface area contributed by atoms with E-state index in [9.17, 15) is 13.2 Å². The Morgan fingerprint density at radius 2 is 2.00 bits per heavy atom. The predicted octanol–water partition coefficient (Wildman–Crippen LogP) is 1.42. The van der Waals surface area contributed by atoms with Crippen LogP contribution in [0.2, 0.25) is 0 Å². The van der Waals surface area contributed by atoms with Crippen molar-refractivity contribution < 1.29 is 17.9 Å². The van der Waals surface area contributed by atoms with Gasteiger partial charge in [-0.1, -0.05) is 0 Å². The van der Waals surface area contributed by atoms with Gasteiger partial charge in [-0.2, -0.15) is 18.3 Å². The van der Waals surface area contributed by atoms with Crippen molar-refractivity contribution in [3.8, 4) is 5.95 Å². The number of hydrogen-bond donors (Lipinski definition) is 1. The topological polar surface area (TPSA) is 64.9 Å². The first-order valence-electron chi connectivity index (χ1n) is 6.14. The van der Waals surface area contributed by atoms with Gasteiger partial charge in [-0.25, -0.2) is 14.6 Å². The number of aromatic nitrogens is 4. The molecule has 0 atom stereocenters. The number of rotatable bonds is 6. The van der Waals surface area contributed by atoms with E-state index in [0.29, 0.717) is 19.7 Å². The molecule has 2 heterocycles. The largest absolute Gasteiger partial charge is 0.435 e. The maximum Gasteiger partial charge on any atom is 0.435 e. The molecule has 0 aliphatic heterocycles. The van der Waals surface area contributed by atoms with E-state index in [-0.39, 0.29) is 5.95 Å². The monoisotopic (exact) mass is 301 g/mol. The van der Waals surface area contributed by atoms with Crippen LogP contribution in [0.1, 0.15) is 11.3 Å². The first kappa shape index (κ1) is 15.4. The second kappa shape index (κ2) is 6.64. The van der Waals surface area contributed by atoms with Gasteiger partial charge in [0.1, 0.15) is 0 Å². The zero-order chi connectivity index (χ0) is 15.3. The van der Waals surface area contributed by atoms with E-state index in [1.807, 2.05) is 0 Å². The molecule has 0 saturated heterocycles. The summed E-state index contributed by atoms with van der Waals surface area (Å²) >= 11 is 0. The molecular formula is C12H14F3N5O. The van der Waals surface area contributed by atoms with E-state index < -0.39 is 11.9 Å². The Labute approximate surface area is 119 Å². The highest BCUT2D eigenvalue weighted by Gasteiger charge is 2.33. The van der Waals surface area contributed by atoms with E-state index in [2.05, 4.69) is 20.4 Å². The fourth-order valence-corrected chi connectivity index (χ4v) is 1.55. The first-order valence-corrected chi connectivity index (χ1v) is 6.14. The zero-order valence-corrected chi connectivity index (χ0v) is 11.3. The van der Waals surface area contributed by atoms with Gasteiger partial charge in [-0.15, -0.1) is 0 Å². The van der Waals surface area contributed by atoms with Crippen LogP contribution < -0.4 is 5.32 Å². The summed E-state index contributed by atoms with van der Waals surface area (Å²) in [5.41, 5.74) is -0.158. The van der Waals surface area contributed by atoms with Crippen molar-refractivity contribution in [3.05, 3.63) is 35.9 Å². The maximum absolute atomic E-state index is 12.4. The summed E-state index contributed by atoms with van der Waals surface area (Å²) in [6.45, 7) is 1.83. The van der Waals surface area contributed by atoms with Crippen molar-refractivity contribution in [1.29, 1.82) is 0 Å². The number of methoxy groups -OCH3 is 1. The summed E-state index contributed by atoms with van der Waals surface area (Å²) in [5.74, 6) is 0.0890. The molecule has 21 heavy (non-hydrogen) atoms. The predicted molar refractivity (Wildman–Crippen MR) is 67.7 cm³/mol. The zero-order valence-electron chi connectivity index (χ0n) is 11.3. The van der Waals surface area contributed by atoms with Crippen LogP contribution in [0.5, 0.6) is 0 Å². The number of nitrogens with zero attached hydrogens (tertiary/aromatic N) is 4. The lowest BCUT2D eigenvalue weighted by Crippen LogP contribution is -2.19. The van der Waals surface area contributed by atoms with Crippen molar-refractivity contribution in [1.82, 2.24) is 25.1 Å². The molecule has 2 aromatic rings. The van der Waals surface area contributed by atoms with Crippen LogP contribution >= 0.6 is 0 Å². The molecule has 0 aromatic carbocycles. The van der Waals surface area contributed by atoms with Gasteiger partial charge in [0.25, 0.3) is 0 Å². The highest BCUT2D eigenvalue weighted by molar-refractivity contribution is 5.16. The van der Waals surface area contributed by atoms with Gasteiger partial charge in [0.05, 0.1) is 6.61 Å². The summed E-state index contributed by atoms with van der Waals surface area (Å²) in [5, 5.41) is 6.51. The highest BCUT2D eigenvalue weighted by atomic mass is 19.4. The van der Waals surface area contributed by atoms with Gasteiger partial charge in [0.2, 0.25) is 5.95 Å². The van der Waals surface area contributed by atoms with Crippen molar-refractivity contribution in [2.24, 2.45) is 0 Å². The molecule has 2 aromatic heterocycles. The van der Waals surface area contributed by atoms with Crippen molar-refractivity contribution in [2.75, 3.05) is 20.3 Å². The number of alkyl halides is 3. The molecule has 0 unspecified atom stereocenters. The van der Waals surface area contributed by atoms with Crippen LogP contribution in [0.3, 0.4) is 0 Å². The Balaban J connectivity index is 2.00. The van der Waals surface area contributed by atoms with Crippen molar-refractivity contribution in [2.45, 2.75) is 12.7 Å². The van der Waals surface area contributed by atoms with Crippen LogP contribution in [0.4, 0.5) is 13.2 Å². The van der Waals surface area contributed by atoms with Gasteiger partial charge in [-0.3, -0.25) is 0 Å². The summed E-state index contributed by atoms with van der Waals surface area (Å²) < 4.78 is 43.2. The average molecular weight is 301 g/mol. The van der Waals surface area contributed by atoms with Crippen molar-refractivity contribution in [3.63, 3.8) is 0 Å². The highest BCUT2D eigenvalue weighted by Crippen LogP contribution is 2.27. The van der Waals surface area contributed by atoms with Crippen LogP contribution in [0.25, 0.3) is 5.95 Å². The molecule has 1 N–H and O–H groups in total. The SMILES string of the molecule is COCCNCc1cnc(-n2ccc(C(F)(F)F)n2)nc1. The molecular weight excluding hydrogens is 287 g/mol. The van der Waals surface area contributed by atoms with Crippen LogP contribution in [-0.4, -0.2) is 40.0 Å². The Bertz CT molecular complexity index is 567. The van der Waals surface area contributed by atoms with E-state index in [1.165, 1.54) is 18.6 Å². The number of hydrogen-bond acceptors (Lipinski definition) is 5. The lowest BCUT2D eigenvalue weighted by atomic mass is 10.3. The number of ether oxygens (including phenoxy) is 1. The lowest BCUT2D eigenvalue weighted by molar-refractivity contribution is -0.141. The van der Waals surface area contributed by atoms with Gasteiger partial charge >= 0.3 is 6.18 Å². The van der Waals surface area contributed by atoms with Gasteiger partial charge in [-0.05, 0) is 6.07 Å². The van der Waals surface area contributed by atoms with Gasteiger partial charge in [0.15, 0.2) is 5.69 Å². The molecule has 0 radical (unpaired) electrons. The molecule has 0 aliphatic carbocycles. The molecule has 0 aliphatic rings. The van der Waals surface area contributed by atoms with E-state index in [4.69, 9.17) is 4.74 Å². The lowest BCUT2D eigenvalue weighted by Gasteiger charge is -2.05. The first-order chi connectivity index (χ1) is 10.0. The molecule has 114 valence electrons. The fraction of sp³-hybridized carbons (Fsp3) is 0.417. The van der Waals surface area contributed by atoms with Crippen LogP contribution in [0, 0.1) is 0 Å². The summed E-state index contributed by atoms with van der Waals surface area (Å²) in [6, 6.07) is 0.879. The second-order valence-electron chi connectivity index (χ2n) is 4.20. The number of halogens is 3. The molecule has 6 nitrogen and oxygen atoms in total. The standard InChI is InChI=1S/C12H14F3N5O/c1-21-5-3-16-6-9-7-17-11(18-8-9)20-4-2-10(19-20)12(13,14)15/h2,4,7-8,16H,3,5-6H2,1H3. The minimum Gasteiger partial charge on any atom is -0.383 e. The smallest absolute Gasteiger partial charge is 0.383 e. The molecule has 2 rings (SSSR count). The minimum atomic E-state index is -4.48. The Morgan fingerprint density at radius 1 is 1.29 bits per heavy atom. The molecule has 9 heteroatoms. The number of nitrogens with one attached hydrogen (secondary N) is 1. The third-order valence-electron chi connectivity index (χ3n) is 2.59. The molecule has 0 fully saturated rings. The maximum atomic E-state index is 12.4. The summed E-state index contributed by atoms with van der Waals surface area (Å²) in [4.78, 5) is 7.99. The minimum absolute atomic E-state index is 0.0890. The molecule has 0 spiro atoms. The van der Waals surface area contributed by atoms with E-state index in [0.717, 1.165) is 16.3 Å².